The highest BCUT2D eigenvalue weighted by atomic mass is 16.5. The van der Waals surface area contributed by atoms with E-state index in [4.69, 9.17) is 10.5 Å². The van der Waals surface area contributed by atoms with Gasteiger partial charge in [-0.15, -0.1) is 0 Å². The first-order chi connectivity index (χ1) is 8.61. The van der Waals surface area contributed by atoms with Gasteiger partial charge in [0, 0.05) is 11.8 Å². The van der Waals surface area contributed by atoms with Gasteiger partial charge in [0.25, 0.3) is 0 Å². The zero-order chi connectivity index (χ0) is 13.1. The van der Waals surface area contributed by atoms with Crippen molar-refractivity contribution in [3.8, 4) is 17.1 Å². The lowest BCUT2D eigenvalue weighted by Gasteiger charge is -2.10. The summed E-state index contributed by atoms with van der Waals surface area (Å²) in [5.74, 6) is 2.15. The maximum absolute atomic E-state index is 5.83. The molecule has 4 heteroatoms. The molecule has 2 aromatic rings. The van der Waals surface area contributed by atoms with E-state index in [0.717, 1.165) is 17.0 Å². The molecule has 0 amide bonds. The van der Waals surface area contributed by atoms with Crippen LogP contribution in [0.3, 0.4) is 0 Å². The molecule has 0 radical (unpaired) electrons. The van der Waals surface area contributed by atoms with Crippen LogP contribution < -0.4 is 10.5 Å². The average Bonchev–Trinajstić information content (AvgIpc) is 2.38. The van der Waals surface area contributed by atoms with Crippen LogP contribution in [0.2, 0.25) is 0 Å². The molecule has 0 aliphatic rings. The zero-order valence-corrected chi connectivity index (χ0v) is 10.8. The van der Waals surface area contributed by atoms with E-state index in [9.17, 15) is 0 Å². The largest absolute Gasteiger partial charge is 0.496 e. The molecule has 0 aliphatic heterocycles. The monoisotopic (exact) mass is 243 g/mol. The second kappa shape index (κ2) is 5.04. The van der Waals surface area contributed by atoms with Crippen molar-refractivity contribution in [2.75, 3.05) is 12.8 Å². The van der Waals surface area contributed by atoms with E-state index >= 15 is 0 Å². The third kappa shape index (κ3) is 2.42. The first kappa shape index (κ1) is 12.4. The maximum atomic E-state index is 5.83. The van der Waals surface area contributed by atoms with Gasteiger partial charge in [-0.25, -0.2) is 9.97 Å². The van der Waals surface area contributed by atoms with Crippen molar-refractivity contribution >= 4 is 5.82 Å². The SMILES string of the molecule is COc1ccccc1-c1nc(N)cc(C(C)C)n1. The molecule has 0 saturated carbocycles. The highest BCUT2D eigenvalue weighted by Crippen LogP contribution is 2.28. The molecule has 1 aromatic carbocycles. The number of nitrogen functional groups attached to an aromatic ring is 1. The van der Waals surface area contributed by atoms with Gasteiger partial charge < -0.3 is 10.5 Å². The first-order valence-electron chi connectivity index (χ1n) is 5.89. The number of rotatable bonds is 3. The molecular formula is C14H17N3O. The van der Waals surface area contributed by atoms with Crippen LogP contribution in [0, 0.1) is 0 Å². The molecular weight excluding hydrogens is 226 g/mol. The number of hydrogen-bond donors (Lipinski definition) is 1. The maximum Gasteiger partial charge on any atom is 0.165 e. The van der Waals surface area contributed by atoms with Gasteiger partial charge in [0.2, 0.25) is 0 Å². The van der Waals surface area contributed by atoms with Gasteiger partial charge in [-0.2, -0.15) is 0 Å². The number of hydrogen-bond acceptors (Lipinski definition) is 4. The van der Waals surface area contributed by atoms with Gasteiger partial charge in [0.05, 0.1) is 12.7 Å². The summed E-state index contributed by atoms with van der Waals surface area (Å²) in [4.78, 5) is 8.82. The minimum atomic E-state index is 0.309. The molecule has 0 atom stereocenters. The lowest BCUT2D eigenvalue weighted by atomic mass is 10.1. The summed E-state index contributed by atoms with van der Waals surface area (Å²) < 4.78 is 5.32. The molecule has 18 heavy (non-hydrogen) atoms. The fourth-order valence-electron chi connectivity index (χ4n) is 1.73. The van der Waals surface area contributed by atoms with Crippen molar-refractivity contribution in [3.63, 3.8) is 0 Å². The fourth-order valence-corrected chi connectivity index (χ4v) is 1.73. The molecule has 0 fully saturated rings. The van der Waals surface area contributed by atoms with Crippen molar-refractivity contribution < 1.29 is 4.74 Å². The number of anilines is 1. The molecule has 1 heterocycles. The molecule has 4 nitrogen and oxygen atoms in total. The van der Waals surface area contributed by atoms with Crippen LogP contribution in [-0.4, -0.2) is 17.1 Å². The van der Waals surface area contributed by atoms with E-state index in [1.54, 1.807) is 7.11 Å². The van der Waals surface area contributed by atoms with Crippen molar-refractivity contribution in [1.82, 2.24) is 9.97 Å². The average molecular weight is 243 g/mol. The number of aromatic nitrogens is 2. The molecule has 0 aliphatic carbocycles. The van der Waals surface area contributed by atoms with Gasteiger partial charge in [0.1, 0.15) is 11.6 Å². The second-order valence-electron chi connectivity index (χ2n) is 4.40. The molecule has 0 unspecified atom stereocenters. The number of benzene rings is 1. The van der Waals surface area contributed by atoms with Crippen LogP contribution >= 0.6 is 0 Å². The number of nitrogens with zero attached hydrogens (tertiary/aromatic N) is 2. The Morgan fingerprint density at radius 3 is 2.56 bits per heavy atom. The molecule has 0 saturated heterocycles. The second-order valence-corrected chi connectivity index (χ2v) is 4.40. The summed E-state index contributed by atoms with van der Waals surface area (Å²) in [7, 11) is 1.63. The summed E-state index contributed by atoms with van der Waals surface area (Å²) in [6.07, 6.45) is 0. The Hall–Kier alpha value is -2.10. The minimum Gasteiger partial charge on any atom is -0.496 e. The number of methoxy groups -OCH3 is 1. The van der Waals surface area contributed by atoms with Gasteiger partial charge >= 0.3 is 0 Å². The summed E-state index contributed by atoms with van der Waals surface area (Å²) in [6.45, 7) is 4.15. The van der Waals surface area contributed by atoms with E-state index in [2.05, 4.69) is 23.8 Å². The number of nitrogens with two attached hydrogens (primary N) is 1. The highest BCUT2D eigenvalue weighted by molar-refractivity contribution is 5.65. The van der Waals surface area contributed by atoms with Crippen LogP contribution in [0.25, 0.3) is 11.4 Å². The minimum absolute atomic E-state index is 0.309. The number of para-hydroxylation sites is 1. The van der Waals surface area contributed by atoms with Gasteiger partial charge in [-0.1, -0.05) is 26.0 Å². The van der Waals surface area contributed by atoms with Crippen molar-refractivity contribution in [1.29, 1.82) is 0 Å². The Kier molecular flexibility index (Phi) is 3.46. The normalized spacial score (nSPS) is 10.7. The Bertz CT molecular complexity index is 552. The first-order valence-corrected chi connectivity index (χ1v) is 5.89. The fraction of sp³-hybridized carbons (Fsp3) is 0.286. The lowest BCUT2D eigenvalue weighted by Crippen LogP contribution is -2.02. The Morgan fingerprint density at radius 1 is 1.17 bits per heavy atom. The van der Waals surface area contributed by atoms with E-state index < -0.39 is 0 Å². The van der Waals surface area contributed by atoms with Gasteiger partial charge in [-0.3, -0.25) is 0 Å². The van der Waals surface area contributed by atoms with Crippen molar-refractivity contribution in [2.45, 2.75) is 19.8 Å². The molecule has 2 rings (SSSR count). The third-order valence-corrected chi connectivity index (χ3v) is 2.71. The predicted octanol–water partition coefficient (Wildman–Crippen LogP) is 2.86. The Labute approximate surface area is 107 Å². The Morgan fingerprint density at radius 2 is 1.89 bits per heavy atom. The van der Waals surface area contributed by atoms with Crippen LogP contribution in [0.5, 0.6) is 5.75 Å². The zero-order valence-electron chi connectivity index (χ0n) is 10.8. The summed E-state index contributed by atoms with van der Waals surface area (Å²) in [5.41, 5.74) is 7.62. The van der Waals surface area contributed by atoms with Crippen LogP contribution in [0.15, 0.2) is 30.3 Å². The van der Waals surface area contributed by atoms with E-state index in [-0.39, 0.29) is 0 Å². The quantitative estimate of drug-likeness (QED) is 0.900. The number of ether oxygens (including phenoxy) is 1. The van der Waals surface area contributed by atoms with Crippen LogP contribution in [-0.2, 0) is 0 Å². The summed E-state index contributed by atoms with van der Waals surface area (Å²) >= 11 is 0. The molecule has 2 N–H and O–H groups in total. The van der Waals surface area contributed by atoms with E-state index in [1.165, 1.54) is 0 Å². The molecule has 94 valence electrons. The lowest BCUT2D eigenvalue weighted by molar-refractivity contribution is 0.416. The van der Waals surface area contributed by atoms with Crippen molar-refractivity contribution in [2.24, 2.45) is 0 Å². The van der Waals surface area contributed by atoms with E-state index in [1.807, 2.05) is 30.3 Å². The Balaban J connectivity index is 2.56. The third-order valence-electron chi connectivity index (χ3n) is 2.71. The summed E-state index contributed by atoms with van der Waals surface area (Å²) in [6, 6.07) is 9.47. The van der Waals surface area contributed by atoms with Gasteiger partial charge in [0.15, 0.2) is 5.82 Å². The molecule has 0 spiro atoms. The topological polar surface area (TPSA) is 61.0 Å². The smallest absolute Gasteiger partial charge is 0.165 e. The van der Waals surface area contributed by atoms with Gasteiger partial charge in [-0.05, 0) is 18.1 Å². The summed E-state index contributed by atoms with van der Waals surface area (Å²) in [5, 5.41) is 0. The van der Waals surface area contributed by atoms with E-state index in [0.29, 0.717) is 17.6 Å². The standard InChI is InChI=1S/C14H17N3O/c1-9(2)11-8-13(15)17-14(16-11)10-6-4-5-7-12(10)18-3/h4-9H,1-3H3,(H2,15,16,17). The predicted molar refractivity (Wildman–Crippen MR) is 72.5 cm³/mol. The van der Waals surface area contributed by atoms with Crippen molar-refractivity contribution in [3.05, 3.63) is 36.0 Å². The highest BCUT2D eigenvalue weighted by Gasteiger charge is 2.11. The molecule has 1 aromatic heterocycles. The molecule has 0 bridgehead atoms. The van der Waals surface area contributed by atoms with Crippen LogP contribution in [0.1, 0.15) is 25.5 Å². The van der Waals surface area contributed by atoms with Crippen LogP contribution in [0.4, 0.5) is 5.82 Å².